The number of hydrogen-bond acceptors (Lipinski definition) is 5. The molecular formula is C26H37N5O. The lowest BCUT2D eigenvalue weighted by atomic mass is 9.94. The van der Waals surface area contributed by atoms with E-state index in [4.69, 9.17) is 0 Å². The van der Waals surface area contributed by atoms with Crippen LogP contribution < -0.4 is 10.2 Å². The maximum Gasteiger partial charge on any atom is 0.224 e. The number of benzene rings is 1. The highest BCUT2D eigenvalue weighted by Gasteiger charge is 2.27. The van der Waals surface area contributed by atoms with E-state index in [0.29, 0.717) is 12.6 Å². The van der Waals surface area contributed by atoms with Crippen LogP contribution in [0.1, 0.15) is 50.5 Å². The highest BCUT2D eigenvalue weighted by molar-refractivity contribution is 5.79. The summed E-state index contributed by atoms with van der Waals surface area (Å²) in [5.41, 5.74) is 3.17. The Morgan fingerprint density at radius 1 is 1.09 bits per heavy atom. The molecule has 6 heteroatoms. The van der Waals surface area contributed by atoms with Gasteiger partial charge in [0.15, 0.2) is 5.82 Å². The van der Waals surface area contributed by atoms with Gasteiger partial charge in [-0.15, -0.1) is 10.2 Å². The third kappa shape index (κ3) is 5.85. The Labute approximate surface area is 192 Å². The van der Waals surface area contributed by atoms with Gasteiger partial charge in [0.1, 0.15) is 0 Å². The number of rotatable bonds is 7. The number of nitrogens with zero attached hydrogens (tertiary/aromatic N) is 4. The molecule has 6 nitrogen and oxygen atoms in total. The van der Waals surface area contributed by atoms with Crippen LogP contribution >= 0.6 is 0 Å². The molecule has 172 valence electrons. The Balaban J connectivity index is 1.27. The summed E-state index contributed by atoms with van der Waals surface area (Å²) < 4.78 is 0. The first-order valence-electron chi connectivity index (χ1n) is 12.2. The minimum atomic E-state index is 0.0157. The predicted octanol–water partition coefficient (Wildman–Crippen LogP) is 4.05. The molecule has 0 spiro atoms. The van der Waals surface area contributed by atoms with Gasteiger partial charge in [-0.25, -0.2) is 0 Å². The largest absolute Gasteiger partial charge is 0.355 e. The molecule has 1 amide bonds. The van der Waals surface area contributed by atoms with Crippen LogP contribution in [0.5, 0.6) is 0 Å². The fourth-order valence-corrected chi connectivity index (χ4v) is 5.06. The molecule has 2 fully saturated rings. The second kappa shape index (κ2) is 10.9. The van der Waals surface area contributed by atoms with Crippen LogP contribution in [-0.2, 0) is 4.79 Å². The molecule has 1 aromatic carbocycles. The molecule has 2 aliphatic rings. The Kier molecular flexibility index (Phi) is 7.74. The lowest BCUT2D eigenvalue weighted by Crippen LogP contribution is -2.45. The van der Waals surface area contributed by atoms with Crippen molar-refractivity contribution in [2.24, 2.45) is 5.92 Å². The minimum absolute atomic E-state index is 0.0157. The van der Waals surface area contributed by atoms with E-state index in [9.17, 15) is 4.79 Å². The van der Waals surface area contributed by atoms with Gasteiger partial charge in [-0.1, -0.05) is 43.0 Å². The van der Waals surface area contributed by atoms with E-state index >= 15 is 0 Å². The first-order valence-corrected chi connectivity index (χ1v) is 12.2. The second-order valence-electron chi connectivity index (χ2n) is 9.49. The van der Waals surface area contributed by atoms with Gasteiger partial charge in [0, 0.05) is 37.8 Å². The zero-order chi connectivity index (χ0) is 22.3. The molecular weight excluding hydrogens is 398 g/mol. The average molecular weight is 436 g/mol. The van der Waals surface area contributed by atoms with Gasteiger partial charge < -0.3 is 15.1 Å². The fraction of sp³-hybridized carbons (Fsp3) is 0.577. The van der Waals surface area contributed by atoms with Crippen molar-refractivity contribution in [2.75, 3.05) is 38.1 Å². The molecule has 1 unspecified atom stereocenters. The molecule has 2 aromatic rings. The van der Waals surface area contributed by atoms with Gasteiger partial charge in [0.05, 0.1) is 11.6 Å². The Morgan fingerprint density at radius 3 is 2.69 bits per heavy atom. The van der Waals surface area contributed by atoms with Gasteiger partial charge >= 0.3 is 0 Å². The van der Waals surface area contributed by atoms with Crippen LogP contribution in [0.3, 0.4) is 0 Å². The quantitative estimate of drug-likeness (QED) is 0.711. The van der Waals surface area contributed by atoms with E-state index in [0.717, 1.165) is 49.6 Å². The topological polar surface area (TPSA) is 61.4 Å². The number of carbonyl (C=O) groups is 1. The molecule has 32 heavy (non-hydrogen) atoms. The summed E-state index contributed by atoms with van der Waals surface area (Å²) in [6, 6.07) is 13.1. The van der Waals surface area contributed by atoms with Crippen molar-refractivity contribution < 1.29 is 4.79 Å². The van der Waals surface area contributed by atoms with Crippen LogP contribution in [0, 0.1) is 12.8 Å². The van der Waals surface area contributed by atoms with Crippen molar-refractivity contribution in [1.82, 2.24) is 20.4 Å². The van der Waals surface area contributed by atoms with Gasteiger partial charge in [-0.3, -0.25) is 4.79 Å². The van der Waals surface area contributed by atoms with E-state index in [1.54, 1.807) is 0 Å². The molecule has 1 aromatic heterocycles. The minimum Gasteiger partial charge on any atom is -0.355 e. The third-order valence-corrected chi connectivity index (χ3v) is 7.04. The van der Waals surface area contributed by atoms with Crippen molar-refractivity contribution in [3.63, 3.8) is 0 Å². The van der Waals surface area contributed by atoms with E-state index in [1.807, 2.05) is 18.2 Å². The summed E-state index contributed by atoms with van der Waals surface area (Å²) in [5, 5.41) is 12.1. The second-order valence-corrected chi connectivity index (χ2v) is 9.49. The maximum atomic E-state index is 12.8. The normalized spacial score (nSPS) is 19.8. The highest BCUT2D eigenvalue weighted by Crippen LogP contribution is 2.24. The van der Waals surface area contributed by atoms with Crippen LogP contribution in [-0.4, -0.2) is 60.3 Å². The van der Waals surface area contributed by atoms with Crippen LogP contribution in [0.25, 0.3) is 11.3 Å². The number of amides is 1. The number of anilines is 1. The first kappa shape index (κ1) is 22.7. The predicted molar refractivity (Wildman–Crippen MR) is 130 cm³/mol. The molecule has 0 bridgehead atoms. The summed E-state index contributed by atoms with van der Waals surface area (Å²) in [6.07, 6.45) is 8.59. The number of carbonyl (C=O) groups excluding carboxylic acids is 1. The van der Waals surface area contributed by atoms with Gasteiger partial charge in [0.25, 0.3) is 0 Å². The number of aromatic nitrogens is 2. The van der Waals surface area contributed by atoms with Crippen molar-refractivity contribution in [1.29, 1.82) is 0 Å². The summed E-state index contributed by atoms with van der Waals surface area (Å²) in [6.45, 7) is 5.37. The molecule has 1 aliphatic heterocycles. The molecule has 1 saturated heterocycles. The van der Waals surface area contributed by atoms with Crippen LogP contribution in [0.4, 0.5) is 5.82 Å². The lowest BCUT2D eigenvalue weighted by Gasteiger charge is -2.33. The number of aryl methyl sites for hydroxylation is 1. The lowest BCUT2D eigenvalue weighted by molar-refractivity contribution is -0.125. The number of piperidine rings is 1. The Bertz CT molecular complexity index is 878. The van der Waals surface area contributed by atoms with E-state index in [1.165, 1.54) is 37.7 Å². The van der Waals surface area contributed by atoms with Crippen molar-refractivity contribution in [3.05, 3.63) is 42.0 Å². The Morgan fingerprint density at radius 2 is 1.94 bits per heavy atom. The van der Waals surface area contributed by atoms with Crippen LogP contribution in [0.15, 0.2) is 36.4 Å². The van der Waals surface area contributed by atoms with E-state index in [-0.39, 0.29) is 11.8 Å². The summed E-state index contributed by atoms with van der Waals surface area (Å²) >= 11 is 0. The monoisotopic (exact) mass is 435 g/mol. The first-order chi connectivity index (χ1) is 15.6. The maximum absolute atomic E-state index is 12.8. The van der Waals surface area contributed by atoms with Crippen molar-refractivity contribution in [3.8, 4) is 11.3 Å². The SMILES string of the molecule is Cc1cccc(-c2ccc(N3CCCC(C(=O)NCCN(C)C4CCCCC4)C3)nn2)c1. The Hall–Kier alpha value is -2.47. The molecule has 2 heterocycles. The van der Waals surface area contributed by atoms with Gasteiger partial charge in [0.2, 0.25) is 5.91 Å². The zero-order valence-electron chi connectivity index (χ0n) is 19.6. The molecule has 1 aliphatic carbocycles. The molecule has 0 radical (unpaired) electrons. The standard InChI is InChI=1S/C26H37N5O/c1-20-8-6-9-21(18-20)24-13-14-25(29-28-24)31-16-7-10-22(19-31)26(32)27-15-17-30(2)23-11-4-3-5-12-23/h6,8-9,13-14,18,22-23H,3-5,7,10-12,15-17,19H2,1-2H3,(H,27,32). The number of hydrogen-bond donors (Lipinski definition) is 1. The number of nitrogens with one attached hydrogen (secondary N) is 1. The summed E-state index contributed by atoms with van der Waals surface area (Å²) in [4.78, 5) is 17.4. The summed E-state index contributed by atoms with van der Waals surface area (Å²) in [5.74, 6) is 1.05. The number of likely N-dealkylation sites (N-methyl/N-ethyl adjacent to an activating group) is 1. The van der Waals surface area contributed by atoms with E-state index < -0.39 is 0 Å². The highest BCUT2D eigenvalue weighted by atomic mass is 16.1. The zero-order valence-corrected chi connectivity index (χ0v) is 19.6. The summed E-state index contributed by atoms with van der Waals surface area (Å²) in [7, 11) is 2.20. The molecule has 4 rings (SSSR count). The van der Waals surface area contributed by atoms with Gasteiger partial charge in [-0.2, -0.15) is 0 Å². The van der Waals surface area contributed by atoms with Crippen molar-refractivity contribution >= 4 is 11.7 Å². The van der Waals surface area contributed by atoms with E-state index in [2.05, 4.69) is 57.5 Å². The van der Waals surface area contributed by atoms with Crippen molar-refractivity contribution in [2.45, 2.75) is 57.9 Å². The molecule has 1 N–H and O–H groups in total. The third-order valence-electron chi connectivity index (χ3n) is 7.04. The molecule has 1 atom stereocenters. The molecule has 1 saturated carbocycles. The smallest absolute Gasteiger partial charge is 0.224 e. The van der Waals surface area contributed by atoms with Gasteiger partial charge in [-0.05, 0) is 57.9 Å². The van der Waals surface area contributed by atoms with Crippen LogP contribution in [0.2, 0.25) is 0 Å². The fourth-order valence-electron chi connectivity index (χ4n) is 5.06. The average Bonchev–Trinajstić information content (AvgIpc) is 2.84.